The zero-order valence-corrected chi connectivity index (χ0v) is 30.9. The summed E-state index contributed by atoms with van der Waals surface area (Å²) < 4.78 is 45.1. The van der Waals surface area contributed by atoms with Crippen LogP contribution in [0.15, 0.2) is 48.8 Å². The molecule has 5 aromatic heterocycles. The number of nitrogens with zero attached hydrogens (tertiary/aromatic N) is 10. The van der Waals surface area contributed by atoms with E-state index < -0.39 is 23.8 Å². The molecule has 0 saturated carbocycles. The number of nitrogens with one attached hydrogen (secondary N) is 1. The molecule has 9 rings (SSSR count). The second kappa shape index (κ2) is 14.1. The van der Waals surface area contributed by atoms with Gasteiger partial charge in [0.05, 0.1) is 53.8 Å². The van der Waals surface area contributed by atoms with Crippen LogP contribution in [0.1, 0.15) is 43.8 Å². The molecule has 3 aliphatic rings. The number of anilines is 2. The monoisotopic (exact) mass is 749 g/mol. The molecular formula is C39H41F2N11O3. The molecule has 1 amide bonds. The molecule has 1 aromatic carbocycles. The summed E-state index contributed by atoms with van der Waals surface area (Å²) in [4.78, 5) is 42.6. The molecule has 1 saturated heterocycles. The fourth-order valence-electron chi connectivity index (χ4n) is 8.13. The minimum atomic E-state index is -0.611. The number of fused-ring (bicyclic) bond motifs is 8. The van der Waals surface area contributed by atoms with E-state index in [0.717, 1.165) is 37.4 Å². The minimum Gasteiger partial charge on any atom is -0.490 e. The van der Waals surface area contributed by atoms with Gasteiger partial charge in [0.2, 0.25) is 5.91 Å². The van der Waals surface area contributed by atoms with E-state index >= 15 is 4.39 Å². The number of benzene rings is 1. The Morgan fingerprint density at radius 2 is 1.82 bits per heavy atom. The molecule has 3 aliphatic heterocycles. The zero-order valence-electron chi connectivity index (χ0n) is 30.9. The number of ether oxygens (including phenoxy) is 2. The van der Waals surface area contributed by atoms with Gasteiger partial charge in [-0.15, -0.1) is 0 Å². The lowest BCUT2D eigenvalue weighted by molar-refractivity contribution is -0.132. The summed E-state index contributed by atoms with van der Waals surface area (Å²) in [6.45, 7) is 3.39. The summed E-state index contributed by atoms with van der Waals surface area (Å²) in [6, 6.07) is 9.05. The molecular weight excluding hydrogens is 708 g/mol. The summed E-state index contributed by atoms with van der Waals surface area (Å²) in [5.41, 5.74) is 2.98. The standard InChI is InChI=1S/C39H41F2N11O3/c1-22-44-30-14-23(40)13-27-29-9-8-11-33(46-29)45-25-16-31(39(53)49(2)20-26(54-3)21-50(22)35(27)30)51(19-25)36-28-18-43-52-37(28)48-34(47-36)10-6-4-5-7-12-55-32-15-24(41)17-42-38(32)52/h8-9,11,13-15,17-18,25-26,31H,4-7,10,12,16,19-21H2,1-3H3,(H,45,46)/t25-,26-,31-/m0/s1. The van der Waals surface area contributed by atoms with E-state index in [1.165, 1.54) is 18.2 Å². The number of carbonyl (C=O) groups is 1. The first-order valence-corrected chi connectivity index (χ1v) is 18.7. The smallest absolute Gasteiger partial charge is 0.245 e. The number of likely N-dealkylation sites (N-methyl/N-ethyl adjacent to an activating group) is 1. The van der Waals surface area contributed by atoms with Crippen molar-refractivity contribution in [1.29, 1.82) is 0 Å². The highest BCUT2D eigenvalue weighted by molar-refractivity contribution is 5.94. The van der Waals surface area contributed by atoms with Gasteiger partial charge in [-0.25, -0.2) is 33.7 Å². The average molecular weight is 750 g/mol. The second-order valence-electron chi connectivity index (χ2n) is 14.6. The quantitative estimate of drug-likeness (QED) is 0.248. The van der Waals surface area contributed by atoms with Crippen LogP contribution >= 0.6 is 0 Å². The molecule has 14 nitrogen and oxygen atoms in total. The van der Waals surface area contributed by atoms with Crippen molar-refractivity contribution in [1.82, 2.24) is 44.2 Å². The normalized spacial score (nSPS) is 20.6. The first-order chi connectivity index (χ1) is 26.7. The molecule has 0 unspecified atom stereocenters. The third kappa shape index (κ3) is 6.47. The summed E-state index contributed by atoms with van der Waals surface area (Å²) in [5.74, 6) is 2.07. The Kier molecular flexibility index (Phi) is 8.99. The molecule has 3 atom stereocenters. The van der Waals surface area contributed by atoms with Crippen LogP contribution in [0.2, 0.25) is 0 Å². The van der Waals surface area contributed by atoms with E-state index in [9.17, 15) is 9.18 Å². The Morgan fingerprint density at radius 3 is 2.69 bits per heavy atom. The van der Waals surface area contributed by atoms with Crippen molar-refractivity contribution in [2.24, 2.45) is 0 Å². The van der Waals surface area contributed by atoms with E-state index in [0.29, 0.717) is 96.0 Å². The molecule has 6 bridgehead atoms. The van der Waals surface area contributed by atoms with Gasteiger partial charge in [0.25, 0.3) is 0 Å². The third-order valence-electron chi connectivity index (χ3n) is 10.8. The van der Waals surface area contributed by atoms with Crippen molar-refractivity contribution < 1.29 is 23.0 Å². The minimum absolute atomic E-state index is 0.0969. The topological polar surface area (TPSA) is 141 Å². The maximum atomic E-state index is 15.1. The molecule has 55 heavy (non-hydrogen) atoms. The Hall–Kier alpha value is -5.77. The van der Waals surface area contributed by atoms with Crippen LogP contribution in [0.5, 0.6) is 5.75 Å². The van der Waals surface area contributed by atoms with Gasteiger partial charge >= 0.3 is 0 Å². The van der Waals surface area contributed by atoms with Crippen LogP contribution in [0.25, 0.3) is 39.1 Å². The lowest BCUT2D eigenvalue weighted by Gasteiger charge is -2.31. The van der Waals surface area contributed by atoms with E-state index in [1.807, 2.05) is 34.6 Å². The maximum Gasteiger partial charge on any atom is 0.245 e. The number of pyridine rings is 2. The Balaban J connectivity index is 1.16. The molecule has 1 N–H and O–H groups in total. The van der Waals surface area contributed by atoms with Gasteiger partial charge in [0, 0.05) is 57.4 Å². The largest absolute Gasteiger partial charge is 0.490 e. The number of halogens is 2. The van der Waals surface area contributed by atoms with E-state index in [4.69, 9.17) is 29.4 Å². The third-order valence-corrected chi connectivity index (χ3v) is 10.8. The highest BCUT2D eigenvalue weighted by atomic mass is 19.1. The number of aromatic nitrogens is 8. The molecule has 284 valence electrons. The molecule has 1 fully saturated rings. The number of carbonyl (C=O) groups excluding carboxylic acids is 1. The van der Waals surface area contributed by atoms with E-state index in [-0.39, 0.29) is 17.7 Å². The summed E-state index contributed by atoms with van der Waals surface area (Å²) in [6.07, 6.45) is 7.04. The van der Waals surface area contributed by atoms with Crippen LogP contribution < -0.4 is 15.0 Å². The molecule has 0 aliphatic carbocycles. The van der Waals surface area contributed by atoms with Crippen molar-refractivity contribution in [2.45, 2.75) is 70.2 Å². The van der Waals surface area contributed by atoms with Crippen molar-refractivity contribution in [3.63, 3.8) is 0 Å². The molecule has 6 aromatic rings. The fourth-order valence-corrected chi connectivity index (χ4v) is 8.13. The van der Waals surface area contributed by atoms with Gasteiger partial charge in [-0.3, -0.25) is 4.79 Å². The van der Waals surface area contributed by atoms with Gasteiger partial charge in [-0.1, -0.05) is 18.9 Å². The van der Waals surface area contributed by atoms with Gasteiger partial charge in [-0.2, -0.15) is 9.78 Å². The highest BCUT2D eigenvalue weighted by Crippen LogP contribution is 2.36. The predicted molar refractivity (Wildman–Crippen MR) is 201 cm³/mol. The summed E-state index contributed by atoms with van der Waals surface area (Å²) >= 11 is 0. The first-order valence-electron chi connectivity index (χ1n) is 18.7. The first kappa shape index (κ1) is 35.0. The van der Waals surface area contributed by atoms with Crippen molar-refractivity contribution >= 4 is 39.6 Å². The van der Waals surface area contributed by atoms with Gasteiger partial charge in [0.1, 0.15) is 41.0 Å². The second-order valence-corrected chi connectivity index (χ2v) is 14.6. The zero-order chi connectivity index (χ0) is 37.8. The summed E-state index contributed by atoms with van der Waals surface area (Å²) in [5, 5.41) is 8.89. The molecule has 8 heterocycles. The van der Waals surface area contributed by atoms with E-state index in [2.05, 4.69) is 15.4 Å². The fraction of sp³-hybridized carbons (Fsp3) is 0.410. The number of methoxy groups -OCH3 is 1. The van der Waals surface area contributed by atoms with Crippen LogP contribution in [0.4, 0.5) is 20.4 Å². The van der Waals surface area contributed by atoms with Crippen LogP contribution in [-0.2, 0) is 22.5 Å². The average Bonchev–Trinajstić information content (AvgIpc) is 3.87. The van der Waals surface area contributed by atoms with E-state index in [1.54, 1.807) is 29.9 Å². The lowest BCUT2D eigenvalue weighted by Crippen LogP contribution is -2.47. The molecule has 0 spiro atoms. The van der Waals surface area contributed by atoms with Gasteiger partial charge in [-0.05, 0) is 44.4 Å². The van der Waals surface area contributed by atoms with Crippen LogP contribution in [0, 0.1) is 18.6 Å². The van der Waals surface area contributed by atoms with Crippen LogP contribution in [0.3, 0.4) is 0 Å². The lowest BCUT2D eigenvalue weighted by atomic mass is 10.1. The number of amides is 1. The number of hydrogen-bond acceptors (Lipinski definition) is 11. The number of rotatable bonds is 2. The van der Waals surface area contributed by atoms with Crippen molar-refractivity contribution in [3.8, 4) is 22.8 Å². The number of aryl methyl sites for hydroxylation is 2. The highest BCUT2D eigenvalue weighted by Gasteiger charge is 2.41. The Morgan fingerprint density at radius 1 is 0.945 bits per heavy atom. The predicted octanol–water partition coefficient (Wildman–Crippen LogP) is 5.25. The molecule has 0 radical (unpaired) electrons. The van der Waals surface area contributed by atoms with Gasteiger partial charge < -0.3 is 29.2 Å². The van der Waals surface area contributed by atoms with Crippen LogP contribution in [-0.4, -0.2) is 102 Å². The Bertz CT molecular complexity index is 2430. The molecule has 16 heteroatoms. The Labute approximate surface area is 315 Å². The summed E-state index contributed by atoms with van der Waals surface area (Å²) in [7, 11) is 3.42. The van der Waals surface area contributed by atoms with Gasteiger partial charge in [0.15, 0.2) is 17.2 Å². The SMILES string of the molecule is CO[C@H]1CN(C)C(=O)[C@@H]2C[C@@H](CN2c2nc3nc4c2cnn4-c2ncc(F)cc2OCCCCCC3)Nc2cccc(n2)-c2cc(F)cc3nc(C)n(c23)C1. The van der Waals surface area contributed by atoms with Crippen molar-refractivity contribution in [2.75, 3.05) is 44.1 Å². The number of imidazole rings is 1. The maximum absolute atomic E-state index is 15.1. The van der Waals surface area contributed by atoms with Crippen molar-refractivity contribution in [3.05, 3.63) is 72.1 Å². The number of hydrogen-bond donors (Lipinski definition) is 1.